The Kier molecular flexibility index (Phi) is 15.4. The Morgan fingerprint density at radius 2 is 1.24 bits per heavy atom. The number of carbonyl (C=O) groups excluding carboxylic acids is 5. The van der Waals surface area contributed by atoms with Crippen molar-refractivity contribution in [2.45, 2.75) is 85.0 Å². The molecular formula is C40H53N5O9. The van der Waals surface area contributed by atoms with Gasteiger partial charge in [-0.2, -0.15) is 0 Å². The highest BCUT2D eigenvalue weighted by molar-refractivity contribution is 6.07. The molecule has 54 heavy (non-hydrogen) atoms. The summed E-state index contributed by atoms with van der Waals surface area (Å²) in [6.45, 7) is 10.4. The van der Waals surface area contributed by atoms with Gasteiger partial charge in [-0.3, -0.25) is 24.0 Å². The number of hydrogen-bond acceptors (Lipinski definition) is 10. The van der Waals surface area contributed by atoms with Gasteiger partial charge in [-0.15, -0.1) is 0 Å². The molecule has 4 amide bonds. The summed E-state index contributed by atoms with van der Waals surface area (Å²) in [7, 11) is 0. The molecule has 0 unspecified atom stereocenters. The largest absolute Gasteiger partial charge is 0.508 e. The number of benzene rings is 3. The van der Waals surface area contributed by atoms with Gasteiger partial charge in [-0.25, -0.2) is 0 Å². The van der Waals surface area contributed by atoms with E-state index in [0.29, 0.717) is 12.0 Å². The second-order valence-electron chi connectivity index (χ2n) is 14.6. The minimum Gasteiger partial charge on any atom is -0.508 e. The maximum atomic E-state index is 13.9. The number of phenolic OH excluding ortho intramolecular Hbond substituents is 4. The number of Topliss-reactive ketones (excluding diaryl/α,β-unsaturated/α-hetero) is 1. The van der Waals surface area contributed by atoms with Crippen LogP contribution < -0.4 is 27.0 Å². The van der Waals surface area contributed by atoms with Gasteiger partial charge in [0.2, 0.25) is 17.7 Å². The highest BCUT2D eigenvalue weighted by Gasteiger charge is 2.33. The molecule has 0 bridgehead atoms. The van der Waals surface area contributed by atoms with Crippen LogP contribution in [0.1, 0.15) is 70.3 Å². The van der Waals surface area contributed by atoms with Crippen molar-refractivity contribution in [2.75, 3.05) is 6.54 Å². The molecule has 10 N–H and O–H groups in total. The lowest BCUT2D eigenvalue weighted by atomic mass is 9.96. The van der Waals surface area contributed by atoms with Crippen LogP contribution in [0.25, 0.3) is 11.1 Å². The first-order chi connectivity index (χ1) is 25.4. The summed E-state index contributed by atoms with van der Waals surface area (Å²) < 4.78 is 0. The smallest absolute Gasteiger partial charge is 0.256 e. The van der Waals surface area contributed by atoms with Crippen LogP contribution in [-0.4, -0.2) is 80.6 Å². The molecule has 0 aliphatic rings. The maximum Gasteiger partial charge on any atom is 0.256 e. The summed E-state index contributed by atoms with van der Waals surface area (Å²) >= 11 is 0. The molecule has 3 aromatic carbocycles. The molecule has 0 saturated carbocycles. The average molecular weight is 748 g/mol. The molecule has 0 aromatic heterocycles. The number of carbonyl (C=O) groups is 5. The number of para-hydroxylation sites is 1. The quantitative estimate of drug-likeness (QED) is 0.0861. The lowest BCUT2D eigenvalue weighted by Crippen LogP contribution is -2.59. The Morgan fingerprint density at radius 1 is 0.648 bits per heavy atom. The summed E-state index contributed by atoms with van der Waals surface area (Å²) in [5, 5.41) is 52.1. The van der Waals surface area contributed by atoms with E-state index < -0.39 is 77.5 Å². The fourth-order valence-corrected chi connectivity index (χ4v) is 5.91. The minimum atomic E-state index is -1.24. The van der Waals surface area contributed by atoms with Crippen LogP contribution in [0.15, 0.2) is 60.7 Å². The third-order valence-corrected chi connectivity index (χ3v) is 8.72. The molecule has 0 aliphatic heterocycles. The summed E-state index contributed by atoms with van der Waals surface area (Å²) in [4.78, 5) is 67.6. The van der Waals surface area contributed by atoms with Crippen LogP contribution in [0.2, 0.25) is 0 Å². The Labute approximate surface area is 315 Å². The number of nitrogens with one attached hydrogen (secondary N) is 4. The molecule has 3 aromatic rings. The summed E-state index contributed by atoms with van der Waals surface area (Å²) in [6, 6.07) is 9.94. The molecule has 0 spiro atoms. The highest BCUT2D eigenvalue weighted by atomic mass is 16.3. The molecule has 0 aliphatic carbocycles. The van der Waals surface area contributed by atoms with Crippen LogP contribution in [-0.2, 0) is 25.6 Å². The zero-order valence-electron chi connectivity index (χ0n) is 31.6. The van der Waals surface area contributed by atoms with E-state index in [9.17, 15) is 44.4 Å². The van der Waals surface area contributed by atoms with Crippen LogP contribution in [0.4, 0.5) is 0 Å². The number of phenols is 4. The molecule has 292 valence electrons. The monoisotopic (exact) mass is 747 g/mol. The first kappa shape index (κ1) is 42.8. The topological polar surface area (TPSA) is 240 Å². The number of nitrogens with two attached hydrogens (primary N) is 1. The van der Waals surface area contributed by atoms with Crippen molar-refractivity contribution in [1.82, 2.24) is 21.3 Å². The van der Waals surface area contributed by atoms with Crippen molar-refractivity contribution < 1.29 is 44.4 Å². The van der Waals surface area contributed by atoms with Gasteiger partial charge in [0.05, 0.1) is 24.2 Å². The lowest BCUT2D eigenvalue weighted by Gasteiger charge is -2.28. The van der Waals surface area contributed by atoms with Gasteiger partial charge in [0.25, 0.3) is 5.91 Å². The lowest BCUT2D eigenvalue weighted by molar-refractivity contribution is -0.134. The van der Waals surface area contributed by atoms with E-state index in [1.54, 1.807) is 38.1 Å². The fraction of sp³-hybridized carbons (Fsp3) is 0.425. The highest BCUT2D eigenvalue weighted by Crippen LogP contribution is 2.41. The van der Waals surface area contributed by atoms with E-state index in [4.69, 9.17) is 5.73 Å². The SMILES string of the molecule is CC(C)C[C@H](NC(=O)[C@@H](N)CC(C)C)C(=O)N[C@H](C(=O)N[C@@H](Cc1ccc(O)cc1)C(=O)CNC(=O)c1c(O)ccc(O)c1-c1ccccc1O)C(C)C. The minimum absolute atomic E-state index is 0.00690. The number of rotatable bonds is 18. The van der Waals surface area contributed by atoms with E-state index in [2.05, 4.69) is 21.3 Å². The predicted molar refractivity (Wildman–Crippen MR) is 204 cm³/mol. The third kappa shape index (κ3) is 12.0. The van der Waals surface area contributed by atoms with Crippen LogP contribution in [0, 0.1) is 17.8 Å². The number of hydrogen-bond donors (Lipinski definition) is 9. The summed E-state index contributed by atoms with van der Waals surface area (Å²) in [5.41, 5.74) is 6.15. The zero-order chi connectivity index (χ0) is 40.3. The molecule has 14 heteroatoms. The first-order valence-corrected chi connectivity index (χ1v) is 18.0. The Morgan fingerprint density at radius 3 is 1.83 bits per heavy atom. The summed E-state index contributed by atoms with van der Waals surface area (Å²) in [5.74, 6) is -4.86. The molecule has 0 fully saturated rings. The van der Waals surface area contributed by atoms with Crippen molar-refractivity contribution in [3.05, 3.63) is 71.8 Å². The van der Waals surface area contributed by atoms with Gasteiger partial charge < -0.3 is 47.4 Å². The predicted octanol–water partition coefficient (Wildman–Crippen LogP) is 3.25. The standard InChI is InChI=1S/C40H53N5O9/c1-21(2)17-27(41)37(51)44-29(18-22(3)4)38(52)45-36(23(5)6)40(54)43-28(19-24-11-13-25(46)14-12-24)33(50)20-42-39(53)35-32(49)16-15-31(48)34(35)26-9-7-8-10-30(26)47/h7-16,21-23,27-29,36,46-49H,17-20,41H2,1-6H3,(H,42,53)(H,43,54)(H,44,51)(H,45,52)/t27-,28-,29-,36-/m0/s1. The number of aromatic hydroxyl groups is 4. The molecule has 0 saturated heterocycles. The zero-order valence-corrected chi connectivity index (χ0v) is 31.6. The van der Waals surface area contributed by atoms with Gasteiger partial charge in [-0.1, -0.05) is 71.9 Å². The van der Waals surface area contributed by atoms with E-state index in [1.807, 2.05) is 27.7 Å². The molecule has 3 rings (SSSR count). The van der Waals surface area contributed by atoms with Crippen molar-refractivity contribution in [3.63, 3.8) is 0 Å². The Bertz CT molecular complexity index is 1790. The number of amides is 4. The van der Waals surface area contributed by atoms with E-state index in [-0.39, 0.29) is 52.9 Å². The fourth-order valence-electron chi connectivity index (χ4n) is 5.91. The normalized spacial score (nSPS) is 13.5. The van der Waals surface area contributed by atoms with Crippen molar-refractivity contribution in [1.29, 1.82) is 0 Å². The summed E-state index contributed by atoms with van der Waals surface area (Å²) in [6.07, 6.45) is 0.642. The van der Waals surface area contributed by atoms with Crippen molar-refractivity contribution >= 4 is 29.4 Å². The molecule has 0 radical (unpaired) electrons. The van der Waals surface area contributed by atoms with Gasteiger partial charge in [-0.05, 0) is 72.9 Å². The second kappa shape index (κ2) is 19.4. The first-order valence-electron chi connectivity index (χ1n) is 18.0. The van der Waals surface area contributed by atoms with Gasteiger partial charge in [0.15, 0.2) is 5.78 Å². The average Bonchev–Trinajstić information content (AvgIpc) is 3.10. The molecule has 4 atom stereocenters. The van der Waals surface area contributed by atoms with Crippen LogP contribution >= 0.6 is 0 Å². The van der Waals surface area contributed by atoms with Gasteiger partial charge in [0.1, 0.15) is 35.1 Å². The molecular weight excluding hydrogens is 694 g/mol. The number of ketones is 1. The Balaban J connectivity index is 1.85. The third-order valence-electron chi connectivity index (χ3n) is 8.72. The maximum absolute atomic E-state index is 13.9. The Hall–Kier alpha value is -5.63. The van der Waals surface area contributed by atoms with E-state index in [1.165, 1.54) is 24.3 Å². The van der Waals surface area contributed by atoms with E-state index >= 15 is 0 Å². The van der Waals surface area contributed by atoms with Crippen LogP contribution in [0.3, 0.4) is 0 Å². The van der Waals surface area contributed by atoms with Gasteiger partial charge in [0, 0.05) is 11.1 Å². The van der Waals surface area contributed by atoms with E-state index in [0.717, 1.165) is 12.1 Å². The van der Waals surface area contributed by atoms with Gasteiger partial charge >= 0.3 is 0 Å². The molecule has 0 heterocycles. The van der Waals surface area contributed by atoms with Crippen molar-refractivity contribution in [3.8, 4) is 34.1 Å². The van der Waals surface area contributed by atoms with Crippen LogP contribution in [0.5, 0.6) is 23.0 Å². The van der Waals surface area contributed by atoms with Crippen molar-refractivity contribution in [2.24, 2.45) is 23.5 Å². The molecule has 14 nitrogen and oxygen atoms in total. The second-order valence-corrected chi connectivity index (χ2v) is 14.6.